The molecule has 3 rings (SSSR count). The number of nitrogens with zero attached hydrogens (tertiary/aromatic N) is 1. The summed E-state index contributed by atoms with van der Waals surface area (Å²) in [5, 5.41) is 2.87. The number of rotatable bonds is 3. The van der Waals surface area contributed by atoms with Gasteiger partial charge in [0.15, 0.2) is 6.10 Å². The maximum absolute atomic E-state index is 12.4. The number of hydrogen-bond acceptors (Lipinski definition) is 3. The molecule has 1 aliphatic heterocycles. The van der Waals surface area contributed by atoms with E-state index in [1.54, 1.807) is 36.1 Å². The summed E-state index contributed by atoms with van der Waals surface area (Å²) in [6.45, 7) is 6.18. The van der Waals surface area contributed by atoms with E-state index in [-0.39, 0.29) is 11.8 Å². The number of ether oxygens (including phenoxy) is 1. The van der Waals surface area contributed by atoms with Crippen molar-refractivity contribution in [3.8, 4) is 5.75 Å². The van der Waals surface area contributed by atoms with Gasteiger partial charge in [0, 0.05) is 23.9 Å². The summed E-state index contributed by atoms with van der Waals surface area (Å²) in [7, 11) is 0. The predicted octanol–water partition coefficient (Wildman–Crippen LogP) is 3.38. The Balaban J connectivity index is 1.85. The summed E-state index contributed by atoms with van der Waals surface area (Å²) in [5.41, 5.74) is 3.00. The topological polar surface area (TPSA) is 58.6 Å². The van der Waals surface area contributed by atoms with Crippen LogP contribution in [0, 0.1) is 6.92 Å². The van der Waals surface area contributed by atoms with Crippen LogP contribution in [-0.2, 0) is 4.79 Å². The van der Waals surface area contributed by atoms with Crippen molar-refractivity contribution in [3.05, 3.63) is 53.6 Å². The van der Waals surface area contributed by atoms with Crippen LogP contribution < -0.4 is 15.0 Å². The monoisotopic (exact) mass is 324 g/mol. The van der Waals surface area contributed by atoms with Crippen LogP contribution in [0.1, 0.15) is 29.8 Å². The van der Waals surface area contributed by atoms with Gasteiger partial charge in [-0.2, -0.15) is 0 Å². The molecular weight excluding hydrogens is 304 g/mol. The Morgan fingerprint density at radius 3 is 2.75 bits per heavy atom. The first kappa shape index (κ1) is 16.1. The maximum Gasteiger partial charge on any atom is 0.267 e. The molecule has 2 amide bonds. The highest BCUT2D eigenvalue weighted by Gasteiger charge is 2.30. The Hall–Kier alpha value is -2.82. The molecule has 1 atom stereocenters. The van der Waals surface area contributed by atoms with Gasteiger partial charge in [-0.05, 0) is 45.0 Å². The number of nitrogens with one attached hydrogen (secondary N) is 1. The van der Waals surface area contributed by atoms with Crippen LogP contribution in [-0.4, -0.2) is 24.5 Å². The minimum absolute atomic E-state index is 0.0541. The van der Waals surface area contributed by atoms with E-state index < -0.39 is 6.10 Å². The van der Waals surface area contributed by atoms with E-state index in [1.165, 1.54) is 0 Å². The first-order valence-corrected chi connectivity index (χ1v) is 7.99. The van der Waals surface area contributed by atoms with Crippen molar-refractivity contribution in [3.63, 3.8) is 0 Å². The fraction of sp³-hybridized carbons (Fsp3) is 0.263. The summed E-state index contributed by atoms with van der Waals surface area (Å²) >= 11 is 0. The molecule has 1 unspecified atom stereocenters. The van der Waals surface area contributed by atoms with Crippen molar-refractivity contribution in [1.29, 1.82) is 0 Å². The number of anilines is 2. The van der Waals surface area contributed by atoms with Gasteiger partial charge in [0.25, 0.3) is 11.8 Å². The molecular formula is C19H20N2O3. The van der Waals surface area contributed by atoms with E-state index in [1.807, 2.05) is 32.0 Å². The van der Waals surface area contributed by atoms with E-state index >= 15 is 0 Å². The van der Waals surface area contributed by atoms with E-state index in [0.29, 0.717) is 23.5 Å². The third-order valence-corrected chi connectivity index (χ3v) is 4.02. The second kappa shape index (κ2) is 6.35. The van der Waals surface area contributed by atoms with E-state index in [2.05, 4.69) is 5.32 Å². The van der Waals surface area contributed by atoms with Gasteiger partial charge in [0.05, 0.1) is 5.69 Å². The van der Waals surface area contributed by atoms with Crippen LogP contribution >= 0.6 is 0 Å². The Labute approximate surface area is 141 Å². The molecule has 1 N–H and O–H groups in total. The van der Waals surface area contributed by atoms with Crippen LogP contribution in [0.25, 0.3) is 0 Å². The van der Waals surface area contributed by atoms with E-state index in [9.17, 15) is 9.59 Å². The van der Waals surface area contributed by atoms with Gasteiger partial charge in [-0.25, -0.2) is 0 Å². The summed E-state index contributed by atoms with van der Waals surface area (Å²) in [5.74, 6) is 0.374. The largest absolute Gasteiger partial charge is 0.479 e. The fourth-order valence-corrected chi connectivity index (χ4v) is 2.80. The third kappa shape index (κ3) is 2.97. The molecule has 0 aromatic heterocycles. The molecule has 5 nitrogen and oxygen atoms in total. The molecule has 2 aromatic carbocycles. The number of aryl methyl sites for hydroxylation is 1. The highest BCUT2D eigenvalue weighted by atomic mass is 16.5. The Kier molecular flexibility index (Phi) is 4.25. The van der Waals surface area contributed by atoms with Crippen LogP contribution in [0.15, 0.2) is 42.5 Å². The van der Waals surface area contributed by atoms with Crippen LogP contribution in [0.4, 0.5) is 11.4 Å². The molecule has 0 spiro atoms. The highest BCUT2D eigenvalue weighted by molar-refractivity contribution is 6.05. The minimum atomic E-state index is -0.528. The predicted molar refractivity (Wildman–Crippen MR) is 93.7 cm³/mol. The van der Waals surface area contributed by atoms with Crippen LogP contribution in [0.3, 0.4) is 0 Å². The minimum Gasteiger partial charge on any atom is -0.479 e. The number of carbonyl (C=O) groups excluding carboxylic acids is 2. The standard InChI is InChI=1S/C19H20N2O3/c1-4-21-16-9-8-15(11-17(16)24-13(3)19(21)23)20-18(22)14-7-5-6-12(2)10-14/h5-11,13H,4H2,1-3H3,(H,20,22). The average molecular weight is 324 g/mol. The first-order chi connectivity index (χ1) is 11.5. The van der Waals surface area contributed by atoms with E-state index in [0.717, 1.165) is 11.3 Å². The third-order valence-electron chi connectivity index (χ3n) is 4.02. The van der Waals surface area contributed by atoms with Crippen LogP contribution in [0.5, 0.6) is 5.75 Å². The molecule has 5 heteroatoms. The summed E-state index contributed by atoms with van der Waals surface area (Å²) in [6, 6.07) is 12.7. The molecule has 0 aliphatic carbocycles. The van der Waals surface area contributed by atoms with Gasteiger partial charge in [-0.3, -0.25) is 9.59 Å². The van der Waals surface area contributed by atoms with Gasteiger partial charge in [-0.1, -0.05) is 17.7 Å². The van der Waals surface area contributed by atoms with Crippen molar-refractivity contribution in [2.45, 2.75) is 26.9 Å². The lowest BCUT2D eigenvalue weighted by Crippen LogP contribution is -2.44. The summed E-state index contributed by atoms with van der Waals surface area (Å²) in [6.07, 6.45) is -0.528. The molecule has 1 aliphatic rings. The molecule has 2 aromatic rings. The van der Waals surface area contributed by atoms with Gasteiger partial charge >= 0.3 is 0 Å². The number of carbonyl (C=O) groups is 2. The molecule has 0 radical (unpaired) electrons. The number of amides is 2. The Bertz CT molecular complexity index is 801. The Morgan fingerprint density at radius 2 is 2.04 bits per heavy atom. The normalized spacial score (nSPS) is 16.4. The average Bonchev–Trinajstić information content (AvgIpc) is 2.56. The van der Waals surface area contributed by atoms with Crippen molar-refractivity contribution < 1.29 is 14.3 Å². The van der Waals surface area contributed by atoms with E-state index in [4.69, 9.17) is 4.74 Å². The lowest BCUT2D eigenvalue weighted by Gasteiger charge is -2.32. The lowest BCUT2D eigenvalue weighted by molar-refractivity contribution is -0.125. The number of benzene rings is 2. The van der Waals surface area contributed by atoms with Crippen molar-refractivity contribution in [1.82, 2.24) is 0 Å². The van der Waals surface area contributed by atoms with Gasteiger partial charge in [0.2, 0.25) is 0 Å². The van der Waals surface area contributed by atoms with Gasteiger partial charge in [0.1, 0.15) is 5.75 Å². The number of hydrogen-bond donors (Lipinski definition) is 1. The molecule has 0 saturated carbocycles. The quantitative estimate of drug-likeness (QED) is 0.941. The molecule has 0 fully saturated rings. The van der Waals surface area contributed by atoms with Gasteiger partial charge < -0.3 is 15.0 Å². The van der Waals surface area contributed by atoms with Crippen molar-refractivity contribution >= 4 is 23.2 Å². The zero-order chi connectivity index (χ0) is 17.3. The zero-order valence-corrected chi connectivity index (χ0v) is 14.0. The fourth-order valence-electron chi connectivity index (χ4n) is 2.80. The van der Waals surface area contributed by atoms with Gasteiger partial charge in [-0.15, -0.1) is 0 Å². The molecule has 124 valence electrons. The molecule has 0 bridgehead atoms. The summed E-state index contributed by atoms with van der Waals surface area (Å²) < 4.78 is 5.68. The van der Waals surface area contributed by atoms with Crippen LogP contribution in [0.2, 0.25) is 0 Å². The smallest absolute Gasteiger partial charge is 0.267 e. The van der Waals surface area contributed by atoms with Crippen molar-refractivity contribution in [2.24, 2.45) is 0 Å². The second-order valence-electron chi connectivity index (χ2n) is 5.85. The van der Waals surface area contributed by atoms with Crippen molar-refractivity contribution in [2.75, 3.05) is 16.8 Å². The number of fused-ring (bicyclic) bond motifs is 1. The second-order valence-corrected chi connectivity index (χ2v) is 5.85. The maximum atomic E-state index is 12.4. The highest BCUT2D eigenvalue weighted by Crippen LogP contribution is 2.36. The SMILES string of the molecule is CCN1C(=O)C(C)Oc2cc(NC(=O)c3cccc(C)c3)ccc21. The number of likely N-dealkylation sites (N-methyl/N-ethyl adjacent to an activating group) is 1. The summed E-state index contributed by atoms with van der Waals surface area (Å²) in [4.78, 5) is 26.2. The molecule has 1 heterocycles. The lowest BCUT2D eigenvalue weighted by atomic mass is 10.1. The molecule has 0 saturated heterocycles. The first-order valence-electron chi connectivity index (χ1n) is 7.99. The Morgan fingerprint density at radius 1 is 1.25 bits per heavy atom. The molecule has 24 heavy (non-hydrogen) atoms. The zero-order valence-electron chi connectivity index (χ0n) is 14.0.